The fraction of sp³-hybridized carbons (Fsp3) is 0.0769. The Morgan fingerprint density at radius 3 is 1.20 bits per heavy atom. The Morgan fingerprint density at radius 1 is 0.412 bits per heavy atom. The van der Waals surface area contributed by atoms with Crippen molar-refractivity contribution in [3.8, 4) is 34.5 Å². The zero-order chi connectivity index (χ0) is 35.2. The molecule has 2 N–H and O–H groups in total. The molecule has 0 fully saturated rings. The average molecular weight is 740 g/mol. The Balaban J connectivity index is 1.49. The van der Waals surface area contributed by atoms with Crippen LogP contribution in [0, 0.1) is 20.8 Å². The van der Waals surface area contributed by atoms with E-state index < -0.39 is 23.7 Å². The Hall–Kier alpha value is -4.87. The summed E-state index contributed by atoms with van der Waals surface area (Å²) in [5.74, 6) is 3.21. The Kier molecular flexibility index (Phi) is 10.3. The van der Waals surface area contributed by atoms with Crippen LogP contribution in [-0.2, 0) is 0 Å². The van der Waals surface area contributed by atoms with Gasteiger partial charge in [-0.25, -0.2) is 0 Å². The van der Waals surface area contributed by atoms with Gasteiger partial charge in [-0.2, -0.15) is 0 Å². The van der Waals surface area contributed by atoms with Gasteiger partial charge in [-0.3, -0.25) is 0 Å². The van der Waals surface area contributed by atoms with Gasteiger partial charge in [-0.15, -0.1) is 0 Å². The number of aryl methyl sites for hydroxylation is 3. The van der Waals surface area contributed by atoms with Gasteiger partial charge in [-0.05, 0) is 0 Å². The molecule has 0 saturated heterocycles. The molecule has 0 amide bonds. The molecule has 0 aromatic heterocycles. The predicted molar refractivity (Wildman–Crippen MR) is 209 cm³/mol. The van der Waals surface area contributed by atoms with Gasteiger partial charge in [0.05, 0.1) is 0 Å². The number of nitrogens with zero attached hydrogens (tertiary/aromatic N) is 1. The van der Waals surface area contributed by atoms with E-state index in [0.717, 1.165) is 16.7 Å². The van der Waals surface area contributed by atoms with Crippen LogP contribution in [0.3, 0.4) is 0 Å². The minimum absolute atomic E-state index is 0.520. The summed E-state index contributed by atoms with van der Waals surface area (Å²) in [5.41, 5.74) is 3.23. The van der Waals surface area contributed by atoms with E-state index in [9.17, 15) is 0 Å². The number of benzene rings is 6. The predicted octanol–water partition coefficient (Wildman–Crippen LogP) is 11.3. The molecule has 0 bridgehead atoms. The van der Waals surface area contributed by atoms with Crippen LogP contribution >= 0.6 is 23.7 Å². The van der Waals surface area contributed by atoms with Crippen LogP contribution in [0.25, 0.3) is 0 Å². The molecule has 1 aliphatic heterocycles. The van der Waals surface area contributed by atoms with Crippen LogP contribution in [0.5, 0.6) is 34.5 Å². The van der Waals surface area contributed by atoms with Gasteiger partial charge in [0.1, 0.15) is 0 Å². The summed E-state index contributed by atoms with van der Waals surface area (Å²) in [7, 11) is -12.0. The van der Waals surface area contributed by atoms with Crippen LogP contribution in [-0.4, -0.2) is 0 Å². The van der Waals surface area contributed by atoms with Gasteiger partial charge in [-0.1, -0.05) is 0 Å². The van der Waals surface area contributed by atoms with Crippen LogP contribution in [0.1, 0.15) is 16.7 Å². The summed E-state index contributed by atoms with van der Waals surface area (Å²) >= 11 is 0. The minimum atomic E-state index is -4.17. The van der Waals surface area contributed by atoms with Crippen molar-refractivity contribution < 1.29 is 27.1 Å². The van der Waals surface area contributed by atoms with Crippen molar-refractivity contribution in [2.75, 3.05) is 0 Å². The van der Waals surface area contributed by atoms with Crippen molar-refractivity contribution in [3.63, 3.8) is 0 Å². The number of para-hydroxylation sites is 3. The van der Waals surface area contributed by atoms with Crippen LogP contribution in [0.2, 0.25) is 0 Å². The summed E-state index contributed by atoms with van der Waals surface area (Å²) in [6, 6.07) is 51.5. The Morgan fingerprint density at radius 2 is 0.745 bits per heavy atom. The molecule has 0 spiro atoms. The Bertz CT molecular complexity index is 2090. The number of rotatable bonds is 12. The van der Waals surface area contributed by atoms with E-state index >= 15 is 0 Å². The van der Waals surface area contributed by atoms with Crippen molar-refractivity contribution in [2.24, 2.45) is 4.52 Å². The van der Waals surface area contributed by atoms with E-state index in [1.54, 1.807) is 0 Å². The molecule has 12 heteroatoms. The van der Waals surface area contributed by atoms with E-state index in [-0.39, 0.29) is 0 Å². The molecule has 6 aromatic rings. The first-order chi connectivity index (χ1) is 24.8. The van der Waals surface area contributed by atoms with E-state index in [0.29, 0.717) is 34.5 Å². The maximum atomic E-state index is 6.98. The van der Waals surface area contributed by atoms with E-state index in [2.05, 4.69) is 9.72 Å². The molecule has 9 nitrogen and oxygen atoms in total. The van der Waals surface area contributed by atoms with Crippen molar-refractivity contribution in [1.82, 2.24) is 9.72 Å². The van der Waals surface area contributed by atoms with Crippen molar-refractivity contribution >= 4 is 23.7 Å². The van der Waals surface area contributed by atoms with Gasteiger partial charge in [0, 0.05) is 0 Å². The summed E-state index contributed by atoms with van der Waals surface area (Å²) in [4.78, 5) is 7.22. The van der Waals surface area contributed by atoms with Crippen LogP contribution in [0.4, 0.5) is 0 Å². The topological polar surface area (TPSA) is 91.8 Å². The van der Waals surface area contributed by atoms with Gasteiger partial charge in [0.15, 0.2) is 0 Å². The summed E-state index contributed by atoms with van der Waals surface area (Å²) in [5, 5.41) is 0. The zero-order valence-electron chi connectivity index (χ0n) is 28.4. The summed E-state index contributed by atoms with van der Waals surface area (Å²) in [6.45, 7) is 6.06. The number of nitrogens with one attached hydrogen (secondary N) is 2. The quantitative estimate of drug-likeness (QED) is 0.120. The van der Waals surface area contributed by atoms with Crippen molar-refractivity contribution in [3.05, 3.63) is 180 Å². The first-order valence-corrected chi connectivity index (χ1v) is 21.7. The fourth-order valence-corrected chi connectivity index (χ4v) is 16.7. The third-order valence-corrected chi connectivity index (χ3v) is 17.6. The zero-order valence-corrected chi connectivity index (χ0v) is 31.3. The normalized spacial score (nSPS) is 18.6. The SMILES string of the molecule is Cc1ccc(OP2(Oc3ccccc3)=N[PH](Oc3ccccc3)(Oc3ccc(C)cc3)N[PH](Oc3ccccc3)(Oc3ccc(C)cc3)N2)cc1. The molecule has 1 unspecified atom stereocenters. The second kappa shape index (κ2) is 15.2. The fourth-order valence-electron chi connectivity index (χ4n) is 5.19. The second-order valence-electron chi connectivity index (χ2n) is 12.0. The van der Waals surface area contributed by atoms with Gasteiger partial charge in [0.2, 0.25) is 0 Å². The second-order valence-corrected chi connectivity index (χ2v) is 19.3. The monoisotopic (exact) mass is 739 g/mol. The molecule has 0 radical (unpaired) electrons. The molecule has 1 aliphatic rings. The summed E-state index contributed by atoms with van der Waals surface area (Å²) < 4.78 is 47.0. The molecule has 7 rings (SSSR count). The van der Waals surface area contributed by atoms with Crippen molar-refractivity contribution in [2.45, 2.75) is 20.8 Å². The van der Waals surface area contributed by atoms with E-state index in [4.69, 9.17) is 31.7 Å². The maximum absolute atomic E-state index is 6.98. The van der Waals surface area contributed by atoms with E-state index in [1.165, 1.54) is 0 Å². The molecule has 0 aliphatic carbocycles. The third-order valence-electron chi connectivity index (χ3n) is 7.66. The molecule has 1 atom stereocenters. The summed E-state index contributed by atoms with van der Waals surface area (Å²) in [6.07, 6.45) is 0. The van der Waals surface area contributed by atoms with Gasteiger partial charge < -0.3 is 0 Å². The van der Waals surface area contributed by atoms with Gasteiger partial charge >= 0.3 is 301 Å². The molecular weight excluding hydrogens is 699 g/mol. The molecule has 0 saturated carbocycles. The van der Waals surface area contributed by atoms with Crippen molar-refractivity contribution in [1.29, 1.82) is 0 Å². The third kappa shape index (κ3) is 8.90. The first kappa shape index (κ1) is 34.6. The number of hydrogen-bond acceptors (Lipinski definition) is 9. The van der Waals surface area contributed by atoms with Gasteiger partial charge in [0.25, 0.3) is 0 Å². The van der Waals surface area contributed by atoms with Crippen LogP contribution in [0.15, 0.2) is 168 Å². The molecular formula is C39H40N3O6P3. The van der Waals surface area contributed by atoms with E-state index in [1.807, 2.05) is 185 Å². The first-order valence-electron chi connectivity index (χ1n) is 16.5. The van der Waals surface area contributed by atoms with Crippen LogP contribution < -0.4 is 36.9 Å². The molecule has 262 valence electrons. The molecule has 51 heavy (non-hydrogen) atoms. The molecule has 1 heterocycles. The Labute approximate surface area is 300 Å². The number of hydrogen-bond donors (Lipinski definition) is 2. The average Bonchev–Trinajstić information content (AvgIpc) is 3.12. The molecule has 6 aromatic carbocycles. The standard InChI is InChI=1S/C39H40N3O6P3/c1-31-19-25-37(26-20-31)46-49(43-34-13-7-4-8-14-34)40-50(44-35-15-9-5-10-16-35,47-38-27-21-32(2)22-28-38)42-51(41-49,45-36-17-11-6-12-18-36)48-39-29-23-33(3)24-30-39/h4-30,40-41,49-50H,1-3H3.